The molecule has 11 nitrogen and oxygen atoms in total. The van der Waals surface area contributed by atoms with Gasteiger partial charge >= 0.3 is 12.0 Å². The Bertz CT molecular complexity index is 1390. The zero-order chi connectivity index (χ0) is 26.8. The van der Waals surface area contributed by atoms with Crippen LogP contribution in [0.4, 0.5) is 9.93 Å². The Kier molecular flexibility index (Phi) is 6.97. The van der Waals surface area contributed by atoms with Crippen LogP contribution in [0.3, 0.4) is 0 Å². The smallest absolute Gasteiger partial charge is 0.357 e. The summed E-state index contributed by atoms with van der Waals surface area (Å²) in [7, 11) is 1.23. The van der Waals surface area contributed by atoms with Crippen LogP contribution in [0.25, 0.3) is 0 Å². The summed E-state index contributed by atoms with van der Waals surface area (Å²) >= 11 is 1.03. The van der Waals surface area contributed by atoms with E-state index in [1.54, 1.807) is 25.1 Å². The van der Waals surface area contributed by atoms with Crippen LogP contribution < -0.4 is 20.1 Å². The van der Waals surface area contributed by atoms with Crippen molar-refractivity contribution in [3.63, 3.8) is 0 Å². The van der Waals surface area contributed by atoms with Crippen LogP contribution in [0.15, 0.2) is 53.9 Å². The molecule has 1 aromatic heterocycles. The molecule has 3 aromatic rings. The van der Waals surface area contributed by atoms with Crippen LogP contribution in [-0.2, 0) is 14.3 Å². The van der Waals surface area contributed by atoms with Gasteiger partial charge in [-0.3, -0.25) is 9.59 Å². The van der Waals surface area contributed by atoms with E-state index < -0.39 is 41.8 Å². The molecular weight excluding hydrogens is 512 g/mol. The van der Waals surface area contributed by atoms with Gasteiger partial charge in [0, 0.05) is 11.3 Å². The number of benzene rings is 2. The second-order valence-corrected chi connectivity index (χ2v) is 9.51. The Balaban J connectivity index is 1.45. The number of rotatable bonds is 7. The normalized spacial score (nSPS) is 17.9. The Morgan fingerprint density at radius 2 is 1.87 bits per heavy atom. The third-order valence-electron chi connectivity index (χ3n) is 6.35. The van der Waals surface area contributed by atoms with E-state index in [1.807, 2.05) is 30.3 Å². The number of ether oxygens (including phenoxy) is 3. The highest BCUT2D eigenvalue weighted by Crippen LogP contribution is 2.36. The fourth-order valence-corrected chi connectivity index (χ4v) is 5.12. The minimum atomic E-state index is -1.21. The fraction of sp³-hybridized carbons (Fsp3) is 0.269. The summed E-state index contributed by atoms with van der Waals surface area (Å²) in [4.78, 5) is 57.3. The Hall–Kier alpha value is -4.45. The van der Waals surface area contributed by atoms with Crippen LogP contribution in [0.1, 0.15) is 40.5 Å². The number of nitrogens with zero attached hydrogens (tertiary/aromatic N) is 2. The molecule has 196 valence electrons. The summed E-state index contributed by atoms with van der Waals surface area (Å²) in [5.41, 5.74) is 1.30. The molecule has 2 N–H and O–H groups in total. The number of aromatic nitrogens is 1. The van der Waals surface area contributed by atoms with Crippen molar-refractivity contribution >= 4 is 40.3 Å². The van der Waals surface area contributed by atoms with Gasteiger partial charge in [-0.1, -0.05) is 43.3 Å². The van der Waals surface area contributed by atoms with Crippen LogP contribution in [0.5, 0.6) is 11.5 Å². The molecule has 0 aliphatic carbocycles. The number of anilines is 1. The zero-order valence-electron chi connectivity index (χ0n) is 20.5. The molecule has 0 spiro atoms. The van der Waals surface area contributed by atoms with Gasteiger partial charge < -0.3 is 24.8 Å². The van der Waals surface area contributed by atoms with Gasteiger partial charge in [0.25, 0.3) is 5.91 Å². The summed E-state index contributed by atoms with van der Waals surface area (Å²) in [6.07, 6.45) is 0. The maximum absolute atomic E-state index is 13.7. The second kappa shape index (κ2) is 10.5. The molecule has 0 bridgehead atoms. The van der Waals surface area contributed by atoms with E-state index in [9.17, 15) is 19.2 Å². The first-order valence-corrected chi connectivity index (χ1v) is 12.7. The van der Waals surface area contributed by atoms with Crippen molar-refractivity contribution in [2.75, 3.05) is 25.6 Å². The highest BCUT2D eigenvalue weighted by atomic mass is 32.1. The lowest BCUT2D eigenvalue weighted by Crippen LogP contribution is -2.50. The predicted octanol–water partition coefficient (Wildman–Crippen LogP) is 3.10. The van der Waals surface area contributed by atoms with E-state index >= 15 is 0 Å². The number of imide groups is 1. The Morgan fingerprint density at radius 3 is 2.61 bits per heavy atom. The number of thiazole rings is 1. The van der Waals surface area contributed by atoms with Crippen molar-refractivity contribution in [3.8, 4) is 11.5 Å². The molecule has 1 unspecified atom stereocenters. The van der Waals surface area contributed by atoms with E-state index in [0.29, 0.717) is 30.3 Å². The van der Waals surface area contributed by atoms with Gasteiger partial charge in [0.15, 0.2) is 22.3 Å². The van der Waals surface area contributed by atoms with Gasteiger partial charge in [-0.05, 0) is 23.3 Å². The van der Waals surface area contributed by atoms with E-state index in [4.69, 9.17) is 9.47 Å². The molecule has 1 fully saturated rings. The number of hydrogen-bond acceptors (Lipinski definition) is 9. The van der Waals surface area contributed by atoms with Gasteiger partial charge in [0.2, 0.25) is 5.91 Å². The van der Waals surface area contributed by atoms with Crippen molar-refractivity contribution < 1.29 is 33.4 Å². The molecule has 12 heteroatoms. The van der Waals surface area contributed by atoms with E-state index in [2.05, 4.69) is 20.4 Å². The van der Waals surface area contributed by atoms with Gasteiger partial charge in [-0.15, -0.1) is 11.3 Å². The van der Waals surface area contributed by atoms with Crippen molar-refractivity contribution in [1.82, 2.24) is 15.2 Å². The van der Waals surface area contributed by atoms with Gasteiger partial charge in [0.1, 0.15) is 25.3 Å². The van der Waals surface area contributed by atoms with E-state index in [0.717, 1.165) is 21.8 Å². The maximum atomic E-state index is 13.7. The minimum Gasteiger partial charge on any atom is -0.486 e. The summed E-state index contributed by atoms with van der Waals surface area (Å²) in [6, 6.07) is 11.2. The third-order valence-corrected chi connectivity index (χ3v) is 7.10. The van der Waals surface area contributed by atoms with Crippen molar-refractivity contribution in [1.29, 1.82) is 0 Å². The number of nitrogens with one attached hydrogen (secondary N) is 2. The summed E-state index contributed by atoms with van der Waals surface area (Å²) in [5.74, 6) is -1.38. The monoisotopic (exact) mass is 536 g/mol. The number of amides is 4. The lowest BCUT2D eigenvalue weighted by atomic mass is 9.91. The van der Waals surface area contributed by atoms with Crippen LogP contribution in [0, 0.1) is 0 Å². The first kappa shape index (κ1) is 25.2. The summed E-state index contributed by atoms with van der Waals surface area (Å²) in [5, 5.41) is 6.93. The van der Waals surface area contributed by atoms with Gasteiger partial charge in [0.05, 0.1) is 7.11 Å². The van der Waals surface area contributed by atoms with Crippen LogP contribution in [-0.4, -0.2) is 60.1 Å². The standard InChI is InChI=1S/C26H24N4O7S/c1-14(15-6-4-3-5-7-15)21(22(31)29-25-27-17(13-38-25)24(33)35-2)30-23(32)20(28-26(30)34)16-8-9-18-19(12-16)37-11-10-36-18/h3-9,12-14,20-21H,10-11H2,1-2H3,(H,28,34)(H,27,29,31)/t14-,20+,21?/m0/s1. The number of carbonyl (C=O) groups is 4. The molecule has 5 rings (SSSR count). The van der Waals surface area contributed by atoms with Crippen LogP contribution >= 0.6 is 11.3 Å². The SMILES string of the molecule is COC(=O)c1csc(NC(=O)C([C@@H](C)c2ccccc2)N2C(=O)N[C@H](c3ccc4c(c3)OCCO4)C2=O)n1. The molecule has 0 radical (unpaired) electrons. The quantitative estimate of drug-likeness (QED) is 0.347. The number of urea groups is 1. The van der Waals surface area contributed by atoms with Gasteiger partial charge in [-0.2, -0.15) is 0 Å². The molecule has 1 saturated heterocycles. The van der Waals surface area contributed by atoms with Crippen LogP contribution in [0.2, 0.25) is 0 Å². The Labute approximate surface area is 221 Å². The Morgan fingerprint density at radius 1 is 1.13 bits per heavy atom. The summed E-state index contributed by atoms with van der Waals surface area (Å²) < 4.78 is 15.8. The second-order valence-electron chi connectivity index (χ2n) is 8.66. The topological polar surface area (TPSA) is 136 Å². The lowest BCUT2D eigenvalue weighted by Gasteiger charge is -2.29. The molecule has 4 amide bonds. The number of carbonyl (C=O) groups excluding carboxylic acids is 4. The number of methoxy groups -OCH3 is 1. The number of esters is 1. The average molecular weight is 537 g/mol. The highest BCUT2D eigenvalue weighted by molar-refractivity contribution is 7.14. The van der Waals surface area contributed by atoms with Gasteiger partial charge in [-0.25, -0.2) is 19.5 Å². The molecule has 38 heavy (non-hydrogen) atoms. The first-order valence-electron chi connectivity index (χ1n) is 11.8. The average Bonchev–Trinajstić information content (AvgIpc) is 3.52. The molecule has 2 aliphatic rings. The third kappa shape index (κ3) is 4.77. The molecule has 2 aliphatic heterocycles. The van der Waals surface area contributed by atoms with Crippen molar-refractivity contribution in [3.05, 3.63) is 70.7 Å². The molecule has 3 heterocycles. The lowest BCUT2D eigenvalue weighted by molar-refractivity contribution is -0.134. The predicted molar refractivity (Wildman–Crippen MR) is 136 cm³/mol. The number of fused-ring (bicyclic) bond motifs is 1. The number of hydrogen-bond donors (Lipinski definition) is 2. The first-order chi connectivity index (χ1) is 18.4. The minimum absolute atomic E-state index is 0.0362. The zero-order valence-corrected chi connectivity index (χ0v) is 21.3. The largest absolute Gasteiger partial charge is 0.486 e. The van der Waals surface area contributed by atoms with Crippen molar-refractivity contribution in [2.45, 2.75) is 24.9 Å². The van der Waals surface area contributed by atoms with E-state index in [-0.39, 0.29) is 10.8 Å². The van der Waals surface area contributed by atoms with E-state index in [1.165, 1.54) is 12.5 Å². The van der Waals surface area contributed by atoms with Crippen molar-refractivity contribution in [2.24, 2.45) is 0 Å². The molecule has 2 aromatic carbocycles. The highest BCUT2D eigenvalue weighted by Gasteiger charge is 2.47. The molecular formula is C26H24N4O7S. The summed E-state index contributed by atoms with van der Waals surface area (Å²) in [6.45, 7) is 2.56. The molecule has 3 atom stereocenters. The molecule has 0 saturated carbocycles. The fourth-order valence-electron chi connectivity index (χ4n) is 4.44. The maximum Gasteiger partial charge on any atom is 0.357 e.